The van der Waals surface area contributed by atoms with E-state index in [1.54, 1.807) is 0 Å². The maximum Gasteiger partial charge on any atom is 0.308 e. The quantitative estimate of drug-likeness (QED) is 0.102. The zero-order chi connectivity index (χ0) is 24.8. The van der Waals surface area contributed by atoms with Gasteiger partial charge in [-0.05, 0) is 47.5 Å². The highest BCUT2D eigenvalue weighted by Gasteiger charge is 2.20. The lowest BCUT2D eigenvalue weighted by Crippen LogP contribution is -2.06. The van der Waals surface area contributed by atoms with E-state index in [-0.39, 0.29) is 0 Å². The van der Waals surface area contributed by atoms with Crippen molar-refractivity contribution >= 4 is 44.3 Å². The largest absolute Gasteiger partial charge is 0.494 e. The lowest BCUT2D eigenvalue weighted by molar-refractivity contribution is -0.132. The van der Waals surface area contributed by atoms with Gasteiger partial charge in [-0.1, -0.05) is 63.3 Å². The molecule has 0 radical (unpaired) electrons. The van der Waals surface area contributed by atoms with E-state index in [9.17, 15) is 9.59 Å². The monoisotopic (exact) mass is 472 g/mol. The Kier molecular flexibility index (Phi) is 7.86. The summed E-state index contributed by atoms with van der Waals surface area (Å²) in [6, 6.07) is 17.5. The summed E-state index contributed by atoms with van der Waals surface area (Å²) >= 11 is 0. The summed E-state index contributed by atoms with van der Waals surface area (Å²) in [6.45, 7) is 5.61. The van der Waals surface area contributed by atoms with Crippen molar-refractivity contribution in [3.8, 4) is 17.2 Å². The van der Waals surface area contributed by atoms with Gasteiger partial charge >= 0.3 is 11.9 Å². The summed E-state index contributed by atoms with van der Waals surface area (Å²) in [4.78, 5) is 24.1. The molecule has 4 rings (SSSR count). The Morgan fingerprint density at radius 2 is 1.20 bits per heavy atom. The van der Waals surface area contributed by atoms with Gasteiger partial charge in [0.2, 0.25) is 0 Å². The van der Waals surface area contributed by atoms with Gasteiger partial charge in [0.25, 0.3) is 0 Å². The van der Waals surface area contributed by atoms with Gasteiger partial charge < -0.3 is 14.2 Å². The summed E-state index contributed by atoms with van der Waals surface area (Å²) in [5.74, 6) is 0.748. The Hall–Kier alpha value is -3.60. The summed E-state index contributed by atoms with van der Waals surface area (Å²) in [7, 11) is 0. The Labute approximate surface area is 206 Å². The molecule has 0 spiro atoms. The van der Waals surface area contributed by atoms with E-state index in [0.29, 0.717) is 45.4 Å². The number of ether oxygens (including phenoxy) is 3. The summed E-state index contributed by atoms with van der Waals surface area (Å²) in [5.41, 5.74) is 0. The average molecular weight is 473 g/mol. The number of hydrogen-bond donors (Lipinski definition) is 0. The van der Waals surface area contributed by atoms with E-state index < -0.39 is 11.9 Å². The van der Waals surface area contributed by atoms with Crippen LogP contribution in [0.15, 0.2) is 54.6 Å². The Morgan fingerprint density at radius 1 is 0.657 bits per heavy atom. The minimum Gasteiger partial charge on any atom is -0.494 e. The van der Waals surface area contributed by atoms with Gasteiger partial charge in [0.05, 0.1) is 6.61 Å². The van der Waals surface area contributed by atoms with Crippen molar-refractivity contribution in [3.63, 3.8) is 0 Å². The maximum atomic E-state index is 12.1. The lowest BCUT2D eigenvalue weighted by atomic mass is 9.97. The average Bonchev–Trinajstić information content (AvgIpc) is 2.84. The minimum atomic E-state index is -0.417. The molecule has 4 aromatic rings. The molecule has 5 nitrogen and oxygen atoms in total. The Balaban J connectivity index is 1.80. The molecule has 0 aliphatic carbocycles. The second-order valence-electron chi connectivity index (χ2n) is 8.91. The van der Waals surface area contributed by atoms with E-state index in [0.717, 1.165) is 23.6 Å². The number of fused-ring (bicyclic) bond motifs is 3. The van der Waals surface area contributed by atoms with Crippen molar-refractivity contribution < 1.29 is 23.8 Å². The predicted octanol–water partition coefficient (Wildman–Crippen LogP) is 7.74. The number of benzene rings is 4. The first-order chi connectivity index (χ1) is 17.0. The van der Waals surface area contributed by atoms with Crippen molar-refractivity contribution in [2.45, 2.75) is 59.3 Å². The molecule has 0 fully saturated rings. The molecule has 0 bridgehead atoms. The fourth-order valence-electron chi connectivity index (χ4n) is 4.48. The molecular formula is C30H32O5. The zero-order valence-corrected chi connectivity index (χ0v) is 20.7. The van der Waals surface area contributed by atoms with Crippen LogP contribution in [0.5, 0.6) is 17.2 Å². The van der Waals surface area contributed by atoms with Crippen LogP contribution < -0.4 is 14.2 Å². The zero-order valence-electron chi connectivity index (χ0n) is 20.7. The Morgan fingerprint density at radius 3 is 1.80 bits per heavy atom. The first-order valence-electron chi connectivity index (χ1n) is 12.4. The van der Waals surface area contributed by atoms with E-state index in [1.165, 1.54) is 39.5 Å². The van der Waals surface area contributed by atoms with Crippen LogP contribution in [0.4, 0.5) is 0 Å². The molecule has 0 N–H and O–H groups in total. The molecule has 0 unspecified atom stereocenters. The molecular weight excluding hydrogens is 440 g/mol. The van der Waals surface area contributed by atoms with Crippen LogP contribution in [0.3, 0.4) is 0 Å². The van der Waals surface area contributed by atoms with E-state index in [4.69, 9.17) is 14.2 Å². The van der Waals surface area contributed by atoms with Gasteiger partial charge in [0.15, 0.2) is 0 Å². The normalized spacial score (nSPS) is 11.2. The predicted molar refractivity (Wildman–Crippen MR) is 140 cm³/mol. The third kappa shape index (κ3) is 5.73. The summed E-state index contributed by atoms with van der Waals surface area (Å²) < 4.78 is 17.5. The van der Waals surface area contributed by atoms with Crippen LogP contribution in [0, 0.1) is 0 Å². The number of carbonyl (C=O) groups excluding carboxylic acids is 2. The van der Waals surface area contributed by atoms with Crippen molar-refractivity contribution in [2.24, 2.45) is 0 Å². The van der Waals surface area contributed by atoms with Crippen LogP contribution >= 0.6 is 0 Å². The summed E-state index contributed by atoms with van der Waals surface area (Å²) in [6.07, 6.45) is 7.12. The molecule has 35 heavy (non-hydrogen) atoms. The van der Waals surface area contributed by atoms with Gasteiger partial charge in [0.1, 0.15) is 17.2 Å². The third-order valence-electron chi connectivity index (χ3n) is 6.11. The molecule has 4 aromatic carbocycles. The molecule has 0 atom stereocenters. The van der Waals surface area contributed by atoms with Gasteiger partial charge in [-0.3, -0.25) is 9.59 Å². The number of esters is 2. The van der Waals surface area contributed by atoms with E-state index in [2.05, 4.69) is 6.92 Å². The fraction of sp³-hybridized carbons (Fsp3) is 0.333. The molecule has 0 amide bonds. The van der Waals surface area contributed by atoms with Crippen LogP contribution in [0.1, 0.15) is 59.3 Å². The minimum absolute atomic E-state index is 0.413. The highest BCUT2D eigenvalue weighted by Crippen LogP contribution is 2.45. The molecule has 0 saturated carbocycles. The summed E-state index contributed by atoms with van der Waals surface area (Å²) in [5, 5.41) is 4.77. The van der Waals surface area contributed by atoms with Crippen molar-refractivity contribution in [2.75, 3.05) is 6.61 Å². The van der Waals surface area contributed by atoms with Gasteiger partial charge in [-0.25, -0.2) is 0 Å². The highest BCUT2D eigenvalue weighted by molar-refractivity contribution is 6.16. The van der Waals surface area contributed by atoms with Crippen LogP contribution in [0.2, 0.25) is 0 Å². The highest BCUT2D eigenvalue weighted by atomic mass is 16.5. The van der Waals surface area contributed by atoms with Crippen molar-refractivity contribution in [1.29, 1.82) is 0 Å². The topological polar surface area (TPSA) is 61.8 Å². The number of rotatable bonds is 10. The van der Waals surface area contributed by atoms with Crippen LogP contribution in [0.25, 0.3) is 32.3 Å². The number of hydrogen-bond acceptors (Lipinski definition) is 5. The van der Waals surface area contributed by atoms with Crippen molar-refractivity contribution in [1.82, 2.24) is 0 Å². The molecule has 5 heteroatoms. The number of unbranched alkanes of at least 4 members (excludes halogenated alkanes) is 5. The standard InChI is InChI=1S/C30H32O5/c1-4-5-6-7-8-11-16-33-24-14-15-25-28(19-24)30(35-21(3)32)27-18-23-13-10-9-12-22(23)17-26(27)29(25)34-20(2)31/h9-10,12-15,17-19H,4-8,11,16H2,1-3H3. The molecule has 182 valence electrons. The van der Waals surface area contributed by atoms with Gasteiger partial charge in [0, 0.05) is 35.4 Å². The molecule has 0 heterocycles. The maximum absolute atomic E-state index is 12.1. The first kappa shape index (κ1) is 24.5. The lowest BCUT2D eigenvalue weighted by Gasteiger charge is -2.17. The SMILES string of the molecule is CCCCCCCCOc1ccc2c(OC(C)=O)c3cc4ccccc4cc3c(OC(C)=O)c2c1. The van der Waals surface area contributed by atoms with E-state index >= 15 is 0 Å². The number of carbonyl (C=O) groups is 2. The van der Waals surface area contributed by atoms with Gasteiger partial charge in [-0.2, -0.15) is 0 Å². The van der Waals surface area contributed by atoms with Crippen LogP contribution in [-0.2, 0) is 9.59 Å². The van der Waals surface area contributed by atoms with Crippen molar-refractivity contribution in [3.05, 3.63) is 54.6 Å². The fourth-order valence-corrected chi connectivity index (χ4v) is 4.48. The van der Waals surface area contributed by atoms with Crippen LogP contribution in [-0.4, -0.2) is 18.5 Å². The Bertz CT molecular complexity index is 1370. The smallest absolute Gasteiger partial charge is 0.308 e. The third-order valence-corrected chi connectivity index (χ3v) is 6.11. The first-order valence-corrected chi connectivity index (χ1v) is 12.4. The molecule has 0 aliphatic rings. The van der Waals surface area contributed by atoms with Gasteiger partial charge in [-0.15, -0.1) is 0 Å². The second-order valence-corrected chi connectivity index (χ2v) is 8.91. The molecule has 0 aliphatic heterocycles. The second kappa shape index (κ2) is 11.2. The molecule has 0 saturated heterocycles. The molecule has 0 aromatic heterocycles. The van der Waals surface area contributed by atoms with E-state index in [1.807, 2.05) is 54.6 Å².